The van der Waals surface area contributed by atoms with Gasteiger partial charge in [0.15, 0.2) is 23.9 Å². The molecule has 0 fully saturated rings. The number of ether oxygens (including phenoxy) is 3. The summed E-state index contributed by atoms with van der Waals surface area (Å²) in [6, 6.07) is 18.4. The molecule has 4 rings (SSSR count). The number of benzene rings is 3. The maximum absolute atomic E-state index is 13.5. The lowest BCUT2D eigenvalue weighted by Gasteiger charge is -2.14. The van der Waals surface area contributed by atoms with Crippen LogP contribution in [0.25, 0.3) is 22.3 Å². The summed E-state index contributed by atoms with van der Waals surface area (Å²) >= 11 is 0. The highest BCUT2D eigenvalue weighted by atomic mass is 16.5. The molecule has 7 heteroatoms. The SMILES string of the molecule is COc1ccc(-c2oc3c(C)cc(C)cc3c(=O)c2OCC(=O)NCc2ccccc2)cc1OC. The van der Waals surface area contributed by atoms with Crippen LogP contribution >= 0.6 is 0 Å². The summed E-state index contributed by atoms with van der Waals surface area (Å²) < 4.78 is 22.8. The van der Waals surface area contributed by atoms with Crippen LogP contribution in [0.4, 0.5) is 0 Å². The van der Waals surface area contributed by atoms with E-state index in [4.69, 9.17) is 18.6 Å². The topological polar surface area (TPSA) is 87.0 Å². The molecular weight excluding hydrogens is 446 g/mol. The average molecular weight is 474 g/mol. The third-order valence-corrected chi connectivity index (χ3v) is 5.61. The van der Waals surface area contributed by atoms with Gasteiger partial charge in [-0.3, -0.25) is 9.59 Å². The van der Waals surface area contributed by atoms with Gasteiger partial charge in [0.05, 0.1) is 19.6 Å². The van der Waals surface area contributed by atoms with Gasteiger partial charge in [0.1, 0.15) is 5.58 Å². The van der Waals surface area contributed by atoms with Crippen LogP contribution in [0, 0.1) is 13.8 Å². The molecule has 0 bridgehead atoms. The molecule has 1 aromatic heterocycles. The molecule has 0 saturated heterocycles. The van der Waals surface area contributed by atoms with Gasteiger partial charge in [0.2, 0.25) is 11.2 Å². The van der Waals surface area contributed by atoms with Crippen molar-refractivity contribution < 1.29 is 23.4 Å². The van der Waals surface area contributed by atoms with Gasteiger partial charge in [-0.1, -0.05) is 36.4 Å². The summed E-state index contributed by atoms with van der Waals surface area (Å²) in [7, 11) is 3.07. The third-order valence-electron chi connectivity index (χ3n) is 5.61. The summed E-state index contributed by atoms with van der Waals surface area (Å²) in [6.45, 7) is 3.81. The van der Waals surface area contributed by atoms with Gasteiger partial charge >= 0.3 is 0 Å². The summed E-state index contributed by atoms with van der Waals surface area (Å²) in [6.07, 6.45) is 0. The monoisotopic (exact) mass is 473 g/mol. The predicted octanol–water partition coefficient (Wildman–Crippen LogP) is 4.79. The van der Waals surface area contributed by atoms with E-state index in [-0.39, 0.29) is 29.5 Å². The molecule has 0 unspecified atom stereocenters. The number of hydrogen-bond acceptors (Lipinski definition) is 6. The van der Waals surface area contributed by atoms with Crippen molar-refractivity contribution in [1.82, 2.24) is 5.32 Å². The lowest BCUT2D eigenvalue weighted by Crippen LogP contribution is -2.29. The molecule has 4 aromatic rings. The zero-order valence-electron chi connectivity index (χ0n) is 20.1. The Hall–Kier alpha value is -4.26. The van der Waals surface area contributed by atoms with E-state index in [2.05, 4.69) is 5.32 Å². The molecule has 0 radical (unpaired) electrons. The predicted molar refractivity (Wildman–Crippen MR) is 134 cm³/mol. The number of carbonyl (C=O) groups is 1. The Bertz CT molecular complexity index is 1430. The largest absolute Gasteiger partial charge is 0.493 e. The van der Waals surface area contributed by atoms with Crippen LogP contribution in [0.1, 0.15) is 16.7 Å². The molecule has 7 nitrogen and oxygen atoms in total. The zero-order chi connectivity index (χ0) is 24.9. The van der Waals surface area contributed by atoms with E-state index >= 15 is 0 Å². The second-order valence-electron chi connectivity index (χ2n) is 8.17. The number of methoxy groups -OCH3 is 2. The van der Waals surface area contributed by atoms with Gasteiger partial charge in [0, 0.05) is 12.1 Å². The summed E-state index contributed by atoms with van der Waals surface area (Å²) in [5.74, 6) is 0.830. The number of fused-ring (bicyclic) bond motifs is 1. The van der Waals surface area contributed by atoms with E-state index in [1.807, 2.05) is 50.2 Å². The first kappa shape index (κ1) is 23.9. The molecule has 0 aliphatic carbocycles. The van der Waals surface area contributed by atoms with Crippen LogP contribution < -0.4 is 25.0 Å². The maximum Gasteiger partial charge on any atom is 0.258 e. The molecule has 1 heterocycles. The number of amides is 1. The van der Waals surface area contributed by atoms with Crippen molar-refractivity contribution in [2.45, 2.75) is 20.4 Å². The fraction of sp³-hybridized carbons (Fsp3) is 0.214. The maximum atomic E-state index is 13.5. The quantitative estimate of drug-likeness (QED) is 0.396. The number of rotatable bonds is 8. The van der Waals surface area contributed by atoms with Gasteiger partial charge in [-0.25, -0.2) is 0 Å². The molecule has 0 spiro atoms. The molecule has 3 aromatic carbocycles. The minimum Gasteiger partial charge on any atom is -0.493 e. The summed E-state index contributed by atoms with van der Waals surface area (Å²) in [5, 5.41) is 3.20. The highest BCUT2D eigenvalue weighted by Crippen LogP contribution is 2.37. The summed E-state index contributed by atoms with van der Waals surface area (Å²) in [5.41, 5.74) is 3.38. The fourth-order valence-electron chi connectivity index (χ4n) is 3.92. The van der Waals surface area contributed by atoms with Crippen molar-refractivity contribution in [3.63, 3.8) is 0 Å². The Labute approximate surface area is 203 Å². The summed E-state index contributed by atoms with van der Waals surface area (Å²) in [4.78, 5) is 26.0. The van der Waals surface area contributed by atoms with Crippen LogP contribution in [0.15, 0.2) is 69.9 Å². The molecule has 0 atom stereocenters. The molecule has 1 N–H and O–H groups in total. The standard InChI is InChI=1S/C28H27NO6/c1-17-12-18(2)26-21(13-17)25(31)28(34-16-24(30)29-15-19-8-6-5-7-9-19)27(35-26)20-10-11-22(32-3)23(14-20)33-4/h5-14H,15-16H2,1-4H3,(H,29,30). The highest BCUT2D eigenvalue weighted by molar-refractivity contribution is 5.85. The van der Waals surface area contributed by atoms with Crippen LogP contribution in [0.3, 0.4) is 0 Å². The molecule has 0 saturated carbocycles. The van der Waals surface area contributed by atoms with E-state index in [1.165, 1.54) is 7.11 Å². The molecule has 180 valence electrons. The van der Waals surface area contributed by atoms with Gasteiger partial charge in [-0.15, -0.1) is 0 Å². The smallest absolute Gasteiger partial charge is 0.258 e. The van der Waals surface area contributed by atoms with Crippen molar-refractivity contribution in [1.29, 1.82) is 0 Å². The van der Waals surface area contributed by atoms with Gasteiger partial charge in [-0.2, -0.15) is 0 Å². The minimum atomic E-state index is -0.355. The van der Waals surface area contributed by atoms with Crippen molar-refractivity contribution in [3.8, 4) is 28.6 Å². The van der Waals surface area contributed by atoms with E-state index in [1.54, 1.807) is 31.4 Å². The Morgan fingerprint density at radius 3 is 2.40 bits per heavy atom. The van der Waals surface area contributed by atoms with Crippen molar-refractivity contribution in [2.75, 3.05) is 20.8 Å². The minimum absolute atomic E-state index is 0.0374. The zero-order valence-corrected chi connectivity index (χ0v) is 20.1. The first-order valence-electron chi connectivity index (χ1n) is 11.1. The van der Waals surface area contributed by atoms with Crippen LogP contribution in [0.2, 0.25) is 0 Å². The van der Waals surface area contributed by atoms with Crippen LogP contribution in [-0.4, -0.2) is 26.7 Å². The van der Waals surface area contributed by atoms with Crippen molar-refractivity contribution in [2.24, 2.45) is 0 Å². The second kappa shape index (κ2) is 10.3. The molecule has 1 amide bonds. The lowest BCUT2D eigenvalue weighted by molar-refractivity contribution is -0.123. The number of nitrogens with one attached hydrogen (secondary N) is 1. The normalized spacial score (nSPS) is 10.7. The van der Waals surface area contributed by atoms with E-state index in [9.17, 15) is 9.59 Å². The number of carbonyl (C=O) groups excluding carboxylic acids is 1. The van der Waals surface area contributed by atoms with E-state index < -0.39 is 0 Å². The molecule has 35 heavy (non-hydrogen) atoms. The van der Waals surface area contributed by atoms with Gasteiger partial charge in [-0.05, 0) is 54.8 Å². The van der Waals surface area contributed by atoms with Crippen molar-refractivity contribution in [3.05, 3.63) is 87.6 Å². The fourth-order valence-corrected chi connectivity index (χ4v) is 3.92. The first-order chi connectivity index (χ1) is 16.9. The van der Waals surface area contributed by atoms with Crippen LogP contribution in [-0.2, 0) is 11.3 Å². The van der Waals surface area contributed by atoms with Crippen LogP contribution in [0.5, 0.6) is 17.2 Å². The lowest BCUT2D eigenvalue weighted by atomic mass is 10.0. The van der Waals surface area contributed by atoms with E-state index in [0.29, 0.717) is 34.6 Å². The first-order valence-corrected chi connectivity index (χ1v) is 11.1. The Morgan fingerprint density at radius 1 is 0.943 bits per heavy atom. The second-order valence-corrected chi connectivity index (χ2v) is 8.17. The Balaban J connectivity index is 1.72. The van der Waals surface area contributed by atoms with Crippen molar-refractivity contribution >= 4 is 16.9 Å². The third kappa shape index (κ3) is 5.14. The Morgan fingerprint density at radius 2 is 1.69 bits per heavy atom. The highest BCUT2D eigenvalue weighted by Gasteiger charge is 2.21. The molecule has 0 aliphatic rings. The van der Waals surface area contributed by atoms with Gasteiger partial charge in [0.25, 0.3) is 5.91 Å². The number of hydrogen-bond donors (Lipinski definition) is 1. The van der Waals surface area contributed by atoms with Gasteiger partial charge < -0.3 is 23.9 Å². The molecular formula is C28H27NO6. The number of aryl methyl sites for hydroxylation is 2. The molecule has 0 aliphatic heterocycles. The van der Waals surface area contributed by atoms with E-state index in [0.717, 1.165) is 16.7 Å². The average Bonchev–Trinajstić information content (AvgIpc) is 2.87. The Kier molecular flexibility index (Phi) is 7.06.